The normalized spacial score (nSPS) is 22.8. The van der Waals surface area contributed by atoms with Gasteiger partial charge in [0.25, 0.3) is 0 Å². The Bertz CT molecular complexity index is 455. The summed E-state index contributed by atoms with van der Waals surface area (Å²) < 4.78 is 42.6. The zero-order valence-electron chi connectivity index (χ0n) is 10.6. The van der Waals surface area contributed by atoms with E-state index in [0.29, 0.717) is 24.7 Å². The fourth-order valence-electron chi connectivity index (χ4n) is 2.12. The Labute approximate surface area is 119 Å². The van der Waals surface area contributed by atoms with Crippen molar-refractivity contribution in [2.45, 2.75) is 18.4 Å². The molecule has 0 radical (unpaired) electrons. The SMILES string of the molecule is O[C@@H](CN1CCO[C@H](c2cccc(Cl)c2)C1)C(F)(F)F. The van der Waals surface area contributed by atoms with E-state index in [2.05, 4.69) is 0 Å². The summed E-state index contributed by atoms with van der Waals surface area (Å²) in [5.41, 5.74) is 0.823. The average molecular weight is 310 g/mol. The summed E-state index contributed by atoms with van der Waals surface area (Å²) in [5.74, 6) is 0. The quantitative estimate of drug-likeness (QED) is 0.932. The van der Waals surface area contributed by atoms with Crippen LogP contribution >= 0.6 is 11.6 Å². The second-order valence-corrected chi connectivity index (χ2v) is 5.17. The molecule has 1 aromatic rings. The molecule has 0 aliphatic carbocycles. The van der Waals surface area contributed by atoms with Gasteiger partial charge in [-0.2, -0.15) is 13.2 Å². The number of ether oxygens (including phenoxy) is 1. The maximum atomic E-state index is 12.4. The van der Waals surface area contributed by atoms with Gasteiger partial charge in [0, 0.05) is 24.7 Å². The van der Waals surface area contributed by atoms with E-state index in [1.165, 1.54) is 0 Å². The third-order valence-electron chi connectivity index (χ3n) is 3.18. The Hall–Kier alpha value is -0.820. The van der Waals surface area contributed by atoms with Crippen molar-refractivity contribution in [3.05, 3.63) is 34.9 Å². The van der Waals surface area contributed by atoms with Crippen LogP contribution in [0.15, 0.2) is 24.3 Å². The smallest absolute Gasteiger partial charge is 0.382 e. The van der Waals surface area contributed by atoms with Crippen molar-refractivity contribution < 1.29 is 23.0 Å². The van der Waals surface area contributed by atoms with Crippen molar-refractivity contribution in [3.63, 3.8) is 0 Å². The molecule has 1 saturated heterocycles. The van der Waals surface area contributed by atoms with Crippen LogP contribution in [-0.2, 0) is 4.74 Å². The zero-order chi connectivity index (χ0) is 14.8. The standard InChI is InChI=1S/C13H15ClF3NO2/c14-10-3-1-2-9(6-10)11-7-18(4-5-20-11)8-12(19)13(15,16)17/h1-3,6,11-12,19H,4-5,7-8H2/t11-,12-/m0/s1. The third kappa shape index (κ3) is 4.09. The molecule has 7 heteroatoms. The predicted octanol–water partition coefficient (Wildman–Crippen LogP) is 2.64. The van der Waals surface area contributed by atoms with Crippen molar-refractivity contribution in [2.75, 3.05) is 26.2 Å². The lowest BCUT2D eigenvalue weighted by Crippen LogP contribution is -2.46. The number of aliphatic hydroxyl groups excluding tert-OH is 1. The number of hydrogen-bond acceptors (Lipinski definition) is 3. The molecular formula is C13H15ClF3NO2. The van der Waals surface area contributed by atoms with Crippen LogP contribution in [0.3, 0.4) is 0 Å². The maximum absolute atomic E-state index is 12.4. The number of halogens is 4. The van der Waals surface area contributed by atoms with Crippen LogP contribution in [0.1, 0.15) is 11.7 Å². The van der Waals surface area contributed by atoms with Crippen molar-refractivity contribution in [3.8, 4) is 0 Å². The fraction of sp³-hybridized carbons (Fsp3) is 0.538. The fourth-order valence-corrected chi connectivity index (χ4v) is 2.32. The summed E-state index contributed by atoms with van der Waals surface area (Å²) >= 11 is 5.89. The number of morpholine rings is 1. The van der Waals surface area contributed by atoms with Gasteiger partial charge in [0.15, 0.2) is 6.10 Å². The number of alkyl halides is 3. The molecule has 0 unspecified atom stereocenters. The Morgan fingerprint density at radius 1 is 1.45 bits per heavy atom. The Morgan fingerprint density at radius 2 is 2.20 bits per heavy atom. The minimum absolute atomic E-state index is 0.299. The molecule has 1 aromatic carbocycles. The molecule has 0 amide bonds. The second-order valence-electron chi connectivity index (χ2n) is 4.73. The minimum Gasteiger partial charge on any atom is -0.382 e. The van der Waals surface area contributed by atoms with E-state index in [1.807, 2.05) is 6.07 Å². The van der Waals surface area contributed by atoms with Crippen LogP contribution in [0, 0.1) is 0 Å². The first-order chi connectivity index (χ1) is 9.36. The first kappa shape index (κ1) is 15.6. The van der Waals surface area contributed by atoms with Gasteiger partial charge in [-0.3, -0.25) is 4.90 Å². The van der Waals surface area contributed by atoms with Crippen LogP contribution in [0.2, 0.25) is 5.02 Å². The molecule has 20 heavy (non-hydrogen) atoms. The summed E-state index contributed by atoms with van der Waals surface area (Å²) in [5, 5.41) is 9.66. The van der Waals surface area contributed by atoms with Crippen molar-refractivity contribution in [1.82, 2.24) is 4.90 Å². The predicted molar refractivity (Wildman–Crippen MR) is 68.6 cm³/mol. The summed E-state index contributed by atoms with van der Waals surface area (Å²) in [6.07, 6.45) is -7.26. The number of hydrogen-bond donors (Lipinski definition) is 1. The van der Waals surface area contributed by atoms with E-state index in [4.69, 9.17) is 21.4 Å². The number of aliphatic hydroxyl groups is 1. The lowest BCUT2D eigenvalue weighted by atomic mass is 10.1. The average Bonchev–Trinajstić information content (AvgIpc) is 2.38. The molecule has 2 atom stereocenters. The molecule has 1 heterocycles. The largest absolute Gasteiger partial charge is 0.415 e. The highest BCUT2D eigenvalue weighted by Crippen LogP contribution is 2.26. The van der Waals surface area contributed by atoms with E-state index in [-0.39, 0.29) is 6.10 Å². The number of rotatable bonds is 3. The number of nitrogens with zero attached hydrogens (tertiary/aromatic N) is 1. The molecule has 0 aromatic heterocycles. The van der Waals surface area contributed by atoms with Crippen LogP contribution in [-0.4, -0.2) is 48.5 Å². The molecule has 2 rings (SSSR count). The van der Waals surface area contributed by atoms with Crippen LogP contribution < -0.4 is 0 Å². The summed E-state index contributed by atoms with van der Waals surface area (Å²) in [6, 6.07) is 7.04. The Morgan fingerprint density at radius 3 is 2.85 bits per heavy atom. The van der Waals surface area contributed by atoms with Gasteiger partial charge >= 0.3 is 6.18 Å². The van der Waals surface area contributed by atoms with Crippen LogP contribution in [0.5, 0.6) is 0 Å². The van der Waals surface area contributed by atoms with Crippen LogP contribution in [0.4, 0.5) is 13.2 Å². The van der Waals surface area contributed by atoms with E-state index < -0.39 is 18.8 Å². The molecule has 112 valence electrons. The molecule has 1 aliphatic rings. The maximum Gasteiger partial charge on any atom is 0.415 e. The lowest BCUT2D eigenvalue weighted by Gasteiger charge is -2.34. The van der Waals surface area contributed by atoms with Crippen LogP contribution in [0.25, 0.3) is 0 Å². The van der Waals surface area contributed by atoms with Crippen molar-refractivity contribution in [2.24, 2.45) is 0 Å². The molecule has 3 nitrogen and oxygen atoms in total. The van der Waals surface area contributed by atoms with Gasteiger partial charge in [-0.25, -0.2) is 0 Å². The summed E-state index contributed by atoms with van der Waals surface area (Å²) in [6.45, 7) is 0.545. The molecule has 0 bridgehead atoms. The highest BCUT2D eigenvalue weighted by molar-refractivity contribution is 6.30. The van der Waals surface area contributed by atoms with Gasteiger partial charge < -0.3 is 9.84 Å². The monoisotopic (exact) mass is 309 g/mol. The van der Waals surface area contributed by atoms with Gasteiger partial charge in [0.05, 0.1) is 12.7 Å². The van der Waals surface area contributed by atoms with Gasteiger partial charge in [-0.1, -0.05) is 23.7 Å². The van der Waals surface area contributed by atoms with E-state index >= 15 is 0 Å². The third-order valence-corrected chi connectivity index (χ3v) is 3.42. The molecule has 1 aliphatic heterocycles. The lowest BCUT2D eigenvalue weighted by molar-refractivity contribution is -0.211. The number of benzene rings is 1. The first-order valence-electron chi connectivity index (χ1n) is 6.20. The molecule has 1 N–H and O–H groups in total. The van der Waals surface area contributed by atoms with Crippen molar-refractivity contribution in [1.29, 1.82) is 0 Å². The summed E-state index contributed by atoms with van der Waals surface area (Å²) in [4.78, 5) is 1.55. The van der Waals surface area contributed by atoms with E-state index in [0.717, 1.165) is 5.56 Å². The van der Waals surface area contributed by atoms with E-state index in [1.54, 1.807) is 23.1 Å². The first-order valence-corrected chi connectivity index (χ1v) is 6.58. The molecule has 0 spiro atoms. The van der Waals surface area contributed by atoms with E-state index in [9.17, 15) is 13.2 Å². The molecule has 1 fully saturated rings. The second kappa shape index (κ2) is 6.30. The Balaban J connectivity index is 1.98. The topological polar surface area (TPSA) is 32.7 Å². The minimum atomic E-state index is -4.59. The molecular weight excluding hydrogens is 295 g/mol. The number of β-amino-alcohol motifs (C(OH)–C–C–N with tert-alkyl or cyclic N) is 1. The molecule has 0 saturated carbocycles. The summed E-state index contributed by atoms with van der Waals surface area (Å²) in [7, 11) is 0. The highest BCUT2D eigenvalue weighted by Gasteiger charge is 2.39. The van der Waals surface area contributed by atoms with Gasteiger partial charge in [0.1, 0.15) is 0 Å². The van der Waals surface area contributed by atoms with Crippen molar-refractivity contribution >= 4 is 11.6 Å². The zero-order valence-corrected chi connectivity index (χ0v) is 11.4. The van der Waals surface area contributed by atoms with Gasteiger partial charge in [-0.05, 0) is 17.7 Å². The highest BCUT2D eigenvalue weighted by atomic mass is 35.5. The van der Waals surface area contributed by atoms with Gasteiger partial charge in [-0.15, -0.1) is 0 Å². The Kier molecular flexibility index (Phi) is 4.90. The van der Waals surface area contributed by atoms with Gasteiger partial charge in [0.2, 0.25) is 0 Å².